The summed E-state index contributed by atoms with van der Waals surface area (Å²) in [6.07, 6.45) is 3.34. The number of hydrogen-bond donors (Lipinski definition) is 2. The van der Waals surface area contributed by atoms with Crippen molar-refractivity contribution in [3.8, 4) is 11.5 Å². The Labute approximate surface area is 130 Å². The van der Waals surface area contributed by atoms with Crippen LogP contribution in [0.25, 0.3) is 0 Å². The van der Waals surface area contributed by atoms with Crippen LogP contribution in [0, 0.1) is 12.8 Å². The number of aromatic nitrogens is 1. The molecule has 0 aliphatic carbocycles. The molecule has 1 aromatic carbocycles. The van der Waals surface area contributed by atoms with E-state index in [4.69, 9.17) is 10.5 Å². The van der Waals surface area contributed by atoms with Gasteiger partial charge in [-0.05, 0) is 49.7 Å². The smallest absolute Gasteiger partial charge is 0.228 e. The fraction of sp³-hybridized carbons (Fsp3) is 0.294. The summed E-state index contributed by atoms with van der Waals surface area (Å²) in [6, 6.07) is 8.98. The number of carbonyl (C=O) groups excluding carboxylic acids is 1. The average molecular weight is 299 g/mol. The Morgan fingerprint density at radius 3 is 2.68 bits per heavy atom. The van der Waals surface area contributed by atoms with Gasteiger partial charge in [0.15, 0.2) is 0 Å². The van der Waals surface area contributed by atoms with Crippen LogP contribution in [0.15, 0.2) is 42.7 Å². The molecule has 0 saturated heterocycles. The van der Waals surface area contributed by atoms with Crippen molar-refractivity contribution in [1.82, 2.24) is 4.98 Å². The van der Waals surface area contributed by atoms with E-state index < -0.39 is 0 Å². The summed E-state index contributed by atoms with van der Waals surface area (Å²) in [7, 11) is 0. The zero-order valence-corrected chi connectivity index (χ0v) is 13.0. The minimum absolute atomic E-state index is 0.0877. The molecule has 2 atom stereocenters. The van der Waals surface area contributed by atoms with Crippen LogP contribution in [-0.2, 0) is 4.79 Å². The van der Waals surface area contributed by atoms with Crippen molar-refractivity contribution in [2.24, 2.45) is 11.7 Å². The molecule has 0 bridgehead atoms. The highest BCUT2D eigenvalue weighted by atomic mass is 16.5. The zero-order valence-electron chi connectivity index (χ0n) is 13.0. The molecule has 0 aliphatic rings. The van der Waals surface area contributed by atoms with Gasteiger partial charge in [0.2, 0.25) is 5.91 Å². The fourth-order valence-corrected chi connectivity index (χ4v) is 1.87. The quantitative estimate of drug-likeness (QED) is 0.889. The van der Waals surface area contributed by atoms with Gasteiger partial charge in [-0.3, -0.25) is 9.78 Å². The molecule has 22 heavy (non-hydrogen) atoms. The number of nitrogens with zero attached hydrogens (tertiary/aromatic N) is 1. The molecule has 2 unspecified atom stereocenters. The molecule has 0 fully saturated rings. The Kier molecular flexibility index (Phi) is 5.12. The molecule has 1 heterocycles. The predicted octanol–water partition coefficient (Wildman–Crippen LogP) is 3.10. The first-order valence-electron chi connectivity index (χ1n) is 7.22. The van der Waals surface area contributed by atoms with Crippen molar-refractivity contribution in [1.29, 1.82) is 0 Å². The van der Waals surface area contributed by atoms with Gasteiger partial charge in [-0.1, -0.05) is 6.92 Å². The number of nitrogens with one attached hydrogen (secondary N) is 1. The third-order valence-electron chi connectivity index (χ3n) is 3.51. The van der Waals surface area contributed by atoms with Crippen LogP contribution < -0.4 is 15.8 Å². The van der Waals surface area contributed by atoms with Crippen LogP contribution in [0.3, 0.4) is 0 Å². The molecule has 0 saturated carbocycles. The third-order valence-corrected chi connectivity index (χ3v) is 3.51. The number of pyridine rings is 1. The number of rotatable bonds is 5. The molecule has 1 amide bonds. The van der Waals surface area contributed by atoms with Gasteiger partial charge in [-0.15, -0.1) is 0 Å². The van der Waals surface area contributed by atoms with Crippen molar-refractivity contribution < 1.29 is 9.53 Å². The van der Waals surface area contributed by atoms with Crippen LogP contribution in [0.1, 0.15) is 19.4 Å². The number of ether oxygens (including phenoxy) is 1. The van der Waals surface area contributed by atoms with Crippen molar-refractivity contribution in [2.75, 3.05) is 5.32 Å². The van der Waals surface area contributed by atoms with Gasteiger partial charge in [-0.25, -0.2) is 0 Å². The van der Waals surface area contributed by atoms with E-state index in [0.717, 1.165) is 17.0 Å². The Bertz CT molecular complexity index is 642. The first-order valence-corrected chi connectivity index (χ1v) is 7.22. The summed E-state index contributed by atoms with van der Waals surface area (Å²) in [5, 5.41) is 2.87. The number of aryl methyl sites for hydroxylation is 1. The highest BCUT2D eigenvalue weighted by Crippen LogP contribution is 2.27. The SMILES string of the molecule is Cc1cc(NC(=O)C(C)C(C)N)ccc1Oc1cccnc1. The maximum Gasteiger partial charge on any atom is 0.228 e. The second kappa shape index (κ2) is 7.04. The number of anilines is 1. The van der Waals surface area contributed by atoms with Crippen LogP contribution >= 0.6 is 0 Å². The molecule has 0 radical (unpaired) electrons. The molecular formula is C17H21N3O2. The number of amides is 1. The normalized spacial score (nSPS) is 13.3. The van der Waals surface area contributed by atoms with E-state index in [0.29, 0.717) is 5.75 Å². The lowest BCUT2D eigenvalue weighted by atomic mass is 10.0. The van der Waals surface area contributed by atoms with E-state index >= 15 is 0 Å². The molecule has 0 spiro atoms. The van der Waals surface area contributed by atoms with Crippen LogP contribution in [0.5, 0.6) is 11.5 Å². The lowest BCUT2D eigenvalue weighted by Crippen LogP contribution is -2.34. The number of carbonyl (C=O) groups is 1. The summed E-state index contributed by atoms with van der Waals surface area (Å²) < 4.78 is 5.76. The van der Waals surface area contributed by atoms with Gasteiger partial charge in [0.1, 0.15) is 11.5 Å². The van der Waals surface area contributed by atoms with Gasteiger partial charge in [0.05, 0.1) is 12.1 Å². The van der Waals surface area contributed by atoms with E-state index in [1.165, 1.54) is 0 Å². The second-order valence-corrected chi connectivity index (χ2v) is 5.41. The summed E-state index contributed by atoms with van der Waals surface area (Å²) >= 11 is 0. The van der Waals surface area contributed by atoms with Gasteiger partial charge in [0, 0.05) is 17.9 Å². The van der Waals surface area contributed by atoms with E-state index in [1.807, 2.05) is 51.1 Å². The standard InChI is InChI=1S/C17H21N3O2/c1-11-9-14(20-17(21)12(2)13(3)18)6-7-16(11)22-15-5-4-8-19-10-15/h4-10,12-13H,18H2,1-3H3,(H,20,21). The molecule has 2 aromatic rings. The second-order valence-electron chi connectivity index (χ2n) is 5.41. The Hall–Kier alpha value is -2.40. The maximum absolute atomic E-state index is 12.0. The number of nitrogens with two attached hydrogens (primary N) is 1. The Morgan fingerprint density at radius 2 is 2.09 bits per heavy atom. The first kappa shape index (κ1) is 16.0. The van der Waals surface area contributed by atoms with Gasteiger partial charge in [0.25, 0.3) is 0 Å². The molecule has 2 rings (SSSR count). The lowest BCUT2D eigenvalue weighted by Gasteiger charge is -2.16. The first-order chi connectivity index (χ1) is 10.5. The Morgan fingerprint density at radius 1 is 1.32 bits per heavy atom. The van der Waals surface area contributed by atoms with Crippen LogP contribution in [-0.4, -0.2) is 16.9 Å². The minimum atomic E-state index is -0.244. The van der Waals surface area contributed by atoms with E-state index in [9.17, 15) is 4.79 Å². The fourth-order valence-electron chi connectivity index (χ4n) is 1.87. The summed E-state index contributed by atoms with van der Waals surface area (Å²) in [6.45, 7) is 5.56. The monoisotopic (exact) mass is 299 g/mol. The summed E-state index contributed by atoms with van der Waals surface area (Å²) in [5.41, 5.74) is 7.40. The predicted molar refractivity (Wildman–Crippen MR) is 86.9 cm³/mol. The highest BCUT2D eigenvalue weighted by molar-refractivity contribution is 5.92. The largest absolute Gasteiger partial charge is 0.455 e. The average Bonchev–Trinajstić information content (AvgIpc) is 2.50. The maximum atomic E-state index is 12.0. The summed E-state index contributed by atoms with van der Waals surface area (Å²) in [5.74, 6) is 1.07. The van der Waals surface area contributed by atoms with E-state index in [-0.39, 0.29) is 17.9 Å². The van der Waals surface area contributed by atoms with Crippen molar-refractivity contribution in [3.05, 3.63) is 48.3 Å². The zero-order chi connectivity index (χ0) is 16.1. The van der Waals surface area contributed by atoms with Gasteiger partial charge >= 0.3 is 0 Å². The molecule has 3 N–H and O–H groups in total. The molecule has 0 aliphatic heterocycles. The molecule has 5 heteroatoms. The topological polar surface area (TPSA) is 77.2 Å². The summed E-state index contributed by atoms with van der Waals surface area (Å²) in [4.78, 5) is 16.0. The van der Waals surface area contributed by atoms with E-state index in [1.54, 1.807) is 12.4 Å². The number of hydrogen-bond acceptors (Lipinski definition) is 4. The van der Waals surface area contributed by atoms with Gasteiger partial charge < -0.3 is 15.8 Å². The van der Waals surface area contributed by atoms with Crippen LogP contribution in [0.2, 0.25) is 0 Å². The molecule has 116 valence electrons. The molecular weight excluding hydrogens is 278 g/mol. The third kappa shape index (κ3) is 4.05. The highest BCUT2D eigenvalue weighted by Gasteiger charge is 2.17. The van der Waals surface area contributed by atoms with Gasteiger partial charge in [-0.2, -0.15) is 0 Å². The van der Waals surface area contributed by atoms with Crippen LogP contribution in [0.4, 0.5) is 5.69 Å². The number of benzene rings is 1. The lowest BCUT2D eigenvalue weighted by molar-refractivity contribution is -0.119. The van der Waals surface area contributed by atoms with Crippen molar-refractivity contribution in [3.63, 3.8) is 0 Å². The van der Waals surface area contributed by atoms with Crippen molar-refractivity contribution >= 4 is 11.6 Å². The van der Waals surface area contributed by atoms with E-state index in [2.05, 4.69) is 10.3 Å². The minimum Gasteiger partial charge on any atom is -0.455 e. The van der Waals surface area contributed by atoms with Crippen molar-refractivity contribution in [2.45, 2.75) is 26.8 Å². The molecule has 1 aromatic heterocycles. The molecule has 5 nitrogen and oxygen atoms in total. The Balaban J connectivity index is 2.08.